The van der Waals surface area contributed by atoms with Crippen molar-refractivity contribution in [1.82, 2.24) is 19.9 Å². The molecule has 2 aliphatic heterocycles. The summed E-state index contributed by atoms with van der Waals surface area (Å²) in [7, 11) is 0. The van der Waals surface area contributed by atoms with Gasteiger partial charge < -0.3 is 28.9 Å². The minimum Gasteiger partial charge on any atom is -0.493 e. The first kappa shape index (κ1) is 44.8. The fraction of sp³-hybridized carbons (Fsp3) is 0.133. The second kappa shape index (κ2) is 21.3. The van der Waals surface area contributed by atoms with Gasteiger partial charge in [-0.1, -0.05) is 72.8 Å². The number of benzene rings is 4. The van der Waals surface area contributed by atoms with Crippen LogP contribution in [0.5, 0.6) is 23.0 Å². The number of aromatic nitrogens is 4. The quantitative estimate of drug-likeness (QED) is 0.0585. The first-order valence-electron chi connectivity index (χ1n) is 23.1. The summed E-state index contributed by atoms with van der Waals surface area (Å²) in [5.74, 6) is 3.16. The molecule has 0 saturated heterocycles. The van der Waals surface area contributed by atoms with Crippen molar-refractivity contribution in [3.8, 4) is 67.5 Å². The maximum Gasteiger partial charge on any atom is 0.119 e. The molecule has 8 nitrogen and oxygen atoms in total. The molecule has 2 aliphatic rings. The van der Waals surface area contributed by atoms with Crippen LogP contribution in [0.15, 0.2) is 172 Å². The van der Waals surface area contributed by atoms with Crippen LogP contribution in [0.2, 0.25) is 0 Å². The molecule has 0 saturated carbocycles. The van der Waals surface area contributed by atoms with Crippen LogP contribution >= 0.6 is 0 Å². The zero-order valence-corrected chi connectivity index (χ0v) is 38.2. The van der Waals surface area contributed by atoms with Crippen LogP contribution in [0.4, 0.5) is 0 Å². The second-order valence-electron chi connectivity index (χ2n) is 16.3. The first-order valence-corrected chi connectivity index (χ1v) is 23.1. The van der Waals surface area contributed by atoms with Crippen molar-refractivity contribution >= 4 is 46.4 Å². The molecule has 68 heavy (non-hydrogen) atoms. The molecule has 338 valence electrons. The monoisotopic (exact) mass is 894 g/mol. The molecule has 0 fully saturated rings. The van der Waals surface area contributed by atoms with Crippen LogP contribution in [-0.2, 0) is 0 Å². The van der Waals surface area contributed by atoms with Crippen LogP contribution < -0.4 is 18.9 Å². The van der Waals surface area contributed by atoms with Gasteiger partial charge in [0.2, 0.25) is 0 Å². The number of nitrogens with zero attached hydrogens (tertiary/aromatic N) is 2. The number of aromatic amines is 2. The molecule has 0 unspecified atom stereocenters. The fourth-order valence-electron chi connectivity index (χ4n) is 8.33. The average Bonchev–Trinajstić information content (AvgIpc) is 4.23. The molecule has 8 bridgehead atoms. The van der Waals surface area contributed by atoms with E-state index in [1.807, 2.05) is 72.8 Å². The zero-order valence-electron chi connectivity index (χ0n) is 38.2. The Morgan fingerprint density at radius 1 is 0.324 bits per heavy atom. The van der Waals surface area contributed by atoms with E-state index in [0.717, 1.165) is 138 Å². The van der Waals surface area contributed by atoms with Gasteiger partial charge in [-0.2, -0.15) is 0 Å². The van der Waals surface area contributed by atoms with Gasteiger partial charge in [0.25, 0.3) is 0 Å². The molecule has 7 aromatic rings. The summed E-state index contributed by atoms with van der Waals surface area (Å²) in [6.45, 7) is 17.6. The topological polar surface area (TPSA) is 94.3 Å². The van der Waals surface area contributed by atoms with Crippen molar-refractivity contribution in [2.24, 2.45) is 0 Å². The predicted octanol–water partition coefficient (Wildman–Crippen LogP) is 15.1. The van der Waals surface area contributed by atoms with Crippen molar-refractivity contribution in [2.75, 3.05) is 26.4 Å². The van der Waals surface area contributed by atoms with Crippen molar-refractivity contribution in [3.63, 3.8) is 0 Å². The Hall–Kier alpha value is -8.36. The van der Waals surface area contributed by atoms with Gasteiger partial charge in [-0.3, -0.25) is 0 Å². The lowest BCUT2D eigenvalue weighted by atomic mass is 10.0. The van der Waals surface area contributed by atoms with E-state index in [2.05, 4.69) is 133 Å². The molecule has 0 aliphatic carbocycles. The van der Waals surface area contributed by atoms with E-state index in [4.69, 9.17) is 28.9 Å². The summed E-state index contributed by atoms with van der Waals surface area (Å²) in [6, 6.07) is 41.4. The normalized spacial score (nSPS) is 11.5. The molecule has 0 radical (unpaired) electrons. The number of fused-ring (bicyclic) bond motifs is 8. The number of nitrogens with one attached hydrogen (secondary N) is 2. The van der Waals surface area contributed by atoms with E-state index in [1.54, 1.807) is 0 Å². The third-order valence-electron chi connectivity index (χ3n) is 11.7. The first-order chi connectivity index (χ1) is 33.5. The number of rotatable bonds is 20. The highest BCUT2D eigenvalue weighted by atomic mass is 16.5. The lowest BCUT2D eigenvalue weighted by molar-refractivity contribution is 0.325. The Balaban J connectivity index is 1.32. The van der Waals surface area contributed by atoms with Gasteiger partial charge in [0.05, 0.1) is 49.2 Å². The van der Waals surface area contributed by atoms with Crippen molar-refractivity contribution in [3.05, 3.63) is 195 Å². The lowest BCUT2D eigenvalue weighted by Gasteiger charge is -2.09. The summed E-state index contributed by atoms with van der Waals surface area (Å²) in [4.78, 5) is 18.6. The summed E-state index contributed by atoms with van der Waals surface area (Å²) >= 11 is 0. The maximum absolute atomic E-state index is 6.03. The fourth-order valence-corrected chi connectivity index (χ4v) is 8.33. The highest BCUT2D eigenvalue weighted by Crippen LogP contribution is 2.39. The predicted molar refractivity (Wildman–Crippen MR) is 282 cm³/mol. The van der Waals surface area contributed by atoms with Gasteiger partial charge in [0.1, 0.15) is 23.0 Å². The molecule has 9 rings (SSSR count). The Morgan fingerprint density at radius 2 is 0.544 bits per heavy atom. The molecular weight excluding hydrogens is 841 g/mol. The number of hydrogen-bond acceptors (Lipinski definition) is 6. The smallest absolute Gasteiger partial charge is 0.119 e. The van der Waals surface area contributed by atoms with Gasteiger partial charge in [0, 0.05) is 44.3 Å². The molecule has 3 aromatic heterocycles. The molecule has 8 heteroatoms. The Kier molecular flexibility index (Phi) is 14.0. The summed E-state index contributed by atoms with van der Waals surface area (Å²) < 4.78 is 24.1. The van der Waals surface area contributed by atoms with Crippen molar-refractivity contribution in [2.45, 2.75) is 25.7 Å². The summed E-state index contributed by atoms with van der Waals surface area (Å²) in [6.07, 6.45) is 18.9. The Morgan fingerprint density at radius 3 is 0.750 bits per heavy atom. The van der Waals surface area contributed by atoms with Crippen molar-refractivity contribution in [1.29, 1.82) is 0 Å². The molecule has 4 aromatic carbocycles. The van der Waals surface area contributed by atoms with E-state index >= 15 is 0 Å². The van der Waals surface area contributed by atoms with E-state index in [0.29, 0.717) is 26.4 Å². The Bertz CT molecular complexity index is 2750. The molecule has 2 N–H and O–H groups in total. The van der Waals surface area contributed by atoms with Gasteiger partial charge >= 0.3 is 0 Å². The van der Waals surface area contributed by atoms with Gasteiger partial charge in [0.15, 0.2) is 0 Å². The second-order valence-corrected chi connectivity index (χ2v) is 16.3. The third kappa shape index (κ3) is 10.1. The summed E-state index contributed by atoms with van der Waals surface area (Å²) in [5.41, 5.74) is 14.6. The molecule has 0 amide bonds. The van der Waals surface area contributed by atoms with E-state index in [1.165, 1.54) is 0 Å². The average molecular weight is 895 g/mol. The number of H-pyrrole nitrogens is 2. The third-order valence-corrected chi connectivity index (χ3v) is 11.7. The van der Waals surface area contributed by atoms with Crippen LogP contribution in [-0.4, -0.2) is 46.4 Å². The highest BCUT2D eigenvalue weighted by molar-refractivity contribution is 6.00. The molecular formula is C60H54N4O4. The van der Waals surface area contributed by atoms with E-state index in [-0.39, 0.29) is 0 Å². The van der Waals surface area contributed by atoms with Crippen LogP contribution in [0, 0.1) is 0 Å². The van der Waals surface area contributed by atoms with Crippen LogP contribution in [0.3, 0.4) is 0 Å². The van der Waals surface area contributed by atoms with E-state index < -0.39 is 0 Å². The van der Waals surface area contributed by atoms with Crippen LogP contribution in [0.25, 0.3) is 90.9 Å². The number of ether oxygens (including phenoxy) is 4. The SMILES string of the molecule is C=CCCOc1ccc(-c2c3nc(c(-c4ccc(OCCC=C)cc4)c4ccc([nH]4)c(-c4ccc(OCCC=C)cc4)c4nc(c(-c5ccc(OCCC=C)cc5)c5ccc2[nH]5)C=C4)C=C3)cc1. The standard InChI is InChI=1S/C60H54N4O4/c1-5-9-37-65-45-21-13-41(14-22-45)57-49-29-31-51(61-49)58(42-15-23-46(24-16-42)66-38-10-6-2)53-33-35-55(63-53)60(44-19-27-48(28-20-44)68-40-12-8-4)56-36-34-54(64-56)59(52-32-30-50(57)62-52)43-17-25-47(26-18-43)67-39-11-7-3/h5-8,13-36,61,64H,1-4,9-12,37-40H2. The number of hydrogen-bond donors (Lipinski definition) is 2. The van der Waals surface area contributed by atoms with Gasteiger partial charge in [-0.15, -0.1) is 26.3 Å². The molecule has 0 spiro atoms. The van der Waals surface area contributed by atoms with Gasteiger partial charge in [-0.05, 0) is 145 Å². The lowest BCUT2D eigenvalue weighted by Crippen LogP contribution is -1.95. The van der Waals surface area contributed by atoms with Gasteiger partial charge in [-0.25, -0.2) is 9.97 Å². The largest absolute Gasteiger partial charge is 0.493 e. The van der Waals surface area contributed by atoms with E-state index in [9.17, 15) is 0 Å². The maximum atomic E-state index is 6.03. The van der Waals surface area contributed by atoms with Crippen molar-refractivity contribution < 1.29 is 18.9 Å². The summed E-state index contributed by atoms with van der Waals surface area (Å²) in [5, 5.41) is 0. The molecule has 5 heterocycles. The Labute approximate surface area is 398 Å². The zero-order chi connectivity index (χ0) is 46.7. The van der Waals surface area contributed by atoms with Crippen LogP contribution in [0.1, 0.15) is 48.5 Å². The minimum absolute atomic E-state index is 0.559. The minimum atomic E-state index is 0.559. The molecule has 0 atom stereocenters. The highest BCUT2D eigenvalue weighted by Gasteiger charge is 2.19.